The van der Waals surface area contributed by atoms with Crippen LogP contribution in [0.1, 0.15) is 30.9 Å². The molecule has 3 nitrogen and oxygen atoms in total. The summed E-state index contributed by atoms with van der Waals surface area (Å²) in [6, 6.07) is 8.40. The van der Waals surface area contributed by atoms with E-state index in [0.29, 0.717) is 26.0 Å². The highest BCUT2D eigenvalue weighted by molar-refractivity contribution is 5.23. The molecule has 0 saturated carbocycles. The van der Waals surface area contributed by atoms with Gasteiger partial charge >= 0.3 is 0 Å². The van der Waals surface area contributed by atoms with Crippen molar-refractivity contribution in [2.75, 3.05) is 20.3 Å². The lowest BCUT2D eigenvalue weighted by Gasteiger charge is -2.27. The molecule has 0 aromatic heterocycles. The highest BCUT2D eigenvalue weighted by atomic mass is 16.5. The topological polar surface area (TPSA) is 55.5 Å². The van der Waals surface area contributed by atoms with Crippen molar-refractivity contribution in [2.45, 2.75) is 38.2 Å². The quantitative estimate of drug-likeness (QED) is 0.742. The van der Waals surface area contributed by atoms with Crippen LogP contribution in [-0.2, 0) is 17.6 Å². The number of benzene rings is 1. The summed E-state index contributed by atoms with van der Waals surface area (Å²) in [5.41, 5.74) is 7.17. The van der Waals surface area contributed by atoms with E-state index in [0.717, 1.165) is 18.4 Å². The first-order valence-electron chi connectivity index (χ1n) is 6.63. The van der Waals surface area contributed by atoms with Gasteiger partial charge in [0.1, 0.15) is 0 Å². The normalized spacial score (nSPS) is 14.4. The lowest BCUT2D eigenvalue weighted by molar-refractivity contribution is -0.0375. The lowest BCUT2D eigenvalue weighted by Crippen LogP contribution is -2.37. The largest absolute Gasteiger partial charge is 0.387 e. The number of hydrogen-bond donors (Lipinski definition) is 2. The van der Waals surface area contributed by atoms with Crippen LogP contribution in [0.3, 0.4) is 0 Å². The van der Waals surface area contributed by atoms with Crippen molar-refractivity contribution >= 4 is 0 Å². The van der Waals surface area contributed by atoms with Crippen LogP contribution < -0.4 is 5.73 Å². The highest BCUT2D eigenvalue weighted by Gasteiger charge is 2.26. The molecule has 0 fully saturated rings. The Labute approximate surface area is 110 Å². The molecule has 0 radical (unpaired) electrons. The minimum atomic E-state index is -0.804. The van der Waals surface area contributed by atoms with Gasteiger partial charge in [-0.25, -0.2) is 0 Å². The van der Waals surface area contributed by atoms with E-state index in [1.54, 1.807) is 7.11 Å². The zero-order valence-corrected chi connectivity index (χ0v) is 11.5. The number of methoxy groups -OCH3 is 1. The maximum absolute atomic E-state index is 10.5. The van der Waals surface area contributed by atoms with Gasteiger partial charge in [0.15, 0.2) is 0 Å². The van der Waals surface area contributed by atoms with Crippen LogP contribution in [0.15, 0.2) is 24.3 Å². The predicted molar refractivity (Wildman–Crippen MR) is 74.6 cm³/mol. The molecule has 3 N–H and O–H groups in total. The van der Waals surface area contributed by atoms with E-state index in [1.807, 2.05) is 0 Å². The Kier molecular flexibility index (Phi) is 6.33. The van der Waals surface area contributed by atoms with Gasteiger partial charge in [0.05, 0.1) is 12.2 Å². The summed E-state index contributed by atoms with van der Waals surface area (Å²) in [6.45, 7) is 3.08. The third-order valence-electron chi connectivity index (χ3n) is 3.22. The summed E-state index contributed by atoms with van der Waals surface area (Å²) in [5, 5.41) is 10.5. The van der Waals surface area contributed by atoms with Crippen LogP contribution in [0.4, 0.5) is 0 Å². The number of aryl methyl sites for hydroxylation is 1. The smallest absolute Gasteiger partial charge is 0.0920 e. The molecule has 3 heteroatoms. The van der Waals surface area contributed by atoms with E-state index in [4.69, 9.17) is 10.5 Å². The number of hydrogen-bond acceptors (Lipinski definition) is 3. The summed E-state index contributed by atoms with van der Waals surface area (Å²) < 4.78 is 5.13. The van der Waals surface area contributed by atoms with Gasteiger partial charge in [0.25, 0.3) is 0 Å². The van der Waals surface area contributed by atoms with Gasteiger partial charge in [-0.2, -0.15) is 0 Å². The number of rotatable bonds is 8. The molecule has 0 aliphatic rings. The second kappa shape index (κ2) is 7.52. The fraction of sp³-hybridized carbons (Fsp3) is 0.600. The molecule has 1 unspecified atom stereocenters. The molecule has 1 aromatic carbocycles. The van der Waals surface area contributed by atoms with E-state index < -0.39 is 5.60 Å². The molecule has 0 amide bonds. The van der Waals surface area contributed by atoms with Gasteiger partial charge in [0.2, 0.25) is 0 Å². The SMILES string of the molecule is CCc1ccc(CC(O)(CCCN)COC)cc1. The maximum atomic E-state index is 10.5. The molecule has 1 atom stereocenters. The van der Waals surface area contributed by atoms with Gasteiger partial charge in [-0.15, -0.1) is 0 Å². The summed E-state index contributed by atoms with van der Waals surface area (Å²) in [6.07, 6.45) is 3.14. The van der Waals surface area contributed by atoms with Crippen molar-refractivity contribution in [1.29, 1.82) is 0 Å². The highest BCUT2D eigenvalue weighted by Crippen LogP contribution is 2.20. The Hall–Kier alpha value is -0.900. The summed E-state index contributed by atoms with van der Waals surface area (Å²) in [7, 11) is 1.62. The third-order valence-corrected chi connectivity index (χ3v) is 3.22. The van der Waals surface area contributed by atoms with Crippen LogP contribution in [0.5, 0.6) is 0 Å². The first-order valence-corrected chi connectivity index (χ1v) is 6.63. The Morgan fingerprint density at radius 2 is 1.83 bits per heavy atom. The Morgan fingerprint density at radius 3 is 2.33 bits per heavy atom. The molecule has 0 aliphatic carbocycles. The number of ether oxygens (including phenoxy) is 1. The first kappa shape index (κ1) is 15.2. The molecule has 0 aliphatic heterocycles. The van der Waals surface area contributed by atoms with E-state index in [1.165, 1.54) is 5.56 Å². The minimum Gasteiger partial charge on any atom is -0.387 e. The standard InChI is InChI=1S/C15H25NO2/c1-3-13-5-7-14(8-6-13)11-15(17,12-18-2)9-4-10-16/h5-8,17H,3-4,9-12,16H2,1-2H3. The minimum absolute atomic E-state index is 0.350. The van der Waals surface area contributed by atoms with Gasteiger partial charge < -0.3 is 15.6 Å². The van der Waals surface area contributed by atoms with Crippen molar-refractivity contribution in [2.24, 2.45) is 5.73 Å². The van der Waals surface area contributed by atoms with Crippen LogP contribution >= 0.6 is 0 Å². The second-order valence-corrected chi connectivity index (χ2v) is 4.90. The molecule has 1 aromatic rings. The maximum Gasteiger partial charge on any atom is 0.0920 e. The second-order valence-electron chi connectivity index (χ2n) is 4.90. The average Bonchev–Trinajstić information content (AvgIpc) is 2.38. The van der Waals surface area contributed by atoms with Crippen LogP contribution in [-0.4, -0.2) is 31.0 Å². The predicted octanol–water partition coefficient (Wildman–Crippen LogP) is 1.91. The Balaban J connectivity index is 2.68. The number of aliphatic hydroxyl groups is 1. The van der Waals surface area contributed by atoms with Crippen LogP contribution in [0.25, 0.3) is 0 Å². The lowest BCUT2D eigenvalue weighted by atomic mass is 9.90. The molecule has 0 bridgehead atoms. The Morgan fingerprint density at radius 1 is 1.22 bits per heavy atom. The van der Waals surface area contributed by atoms with Crippen molar-refractivity contribution in [3.8, 4) is 0 Å². The van der Waals surface area contributed by atoms with E-state index in [2.05, 4.69) is 31.2 Å². The molecular weight excluding hydrogens is 226 g/mol. The van der Waals surface area contributed by atoms with Gasteiger partial charge in [-0.1, -0.05) is 31.2 Å². The van der Waals surface area contributed by atoms with Crippen molar-refractivity contribution in [1.82, 2.24) is 0 Å². The van der Waals surface area contributed by atoms with E-state index in [-0.39, 0.29) is 0 Å². The molecule has 1 rings (SSSR count). The number of nitrogens with two attached hydrogens (primary N) is 1. The van der Waals surface area contributed by atoms with Crippen molar-refractivity contribution < 1.29 is 9.84 Å². The van der Waals surface area contributed by atoms with Gasteiger partial charge in [-0.05, 0) is 36.9 Å². The summed E-state index contributed by atoms with van der Waals surface area (Å²) in [5.74, 6) is 0. The fourth-order valence-corrected chi connectivity index (χ4v) is 2.18. The van der Waals surface area contributed by atoms with Gasteiger partial charge in [0, 0.05) is 13.5 Å². The first-order chi connectivity index (χ1) is 8.63. The van der Waals surface area contributed by atoms with Gasteiger partial charge in [-0.3, -0.25) is 0 Å². The zero-order chi connectivity index (χ0) is 13.4. The van der Waals surface area contributed by atoms with Crippen molar-refractivity contribution in [3.05, 3.63) is 35.4 Å². The van der Waals surface area contributed by atoms with Crippen molar-refractivity contribution in [3.63, 3.8) is 0 Å². The molecule has 0 saturated heterocycles. The summed E-state index contributed by atoms with van der Waals surface area (Å²) in [4.78, 5) is 0. The Bertz CT molecular complexity index is 337. The molecular formula is C15H25NO2. The fourth-order valence-electron chi connectivity index (χ4n) is 2.18. The molecule has 0 spiro atoms. The summed E-state index contributed by atoms with van der Waals surface area (Å²) >= 11 is 0. The van der Waals surface area contributed by atoms with Crippen LogP contribution in [0.2, 0.25) is 0 Å². The monoisotopic (exact) mass is 251 g/mol. The molecule has 102 valence electrons. The van der Waals surface area contributed by atoms with E-state index >= 15 is 0 Å². The van der Waals surface area contributed by atoms with Crippen LogP contribution in [0, 0.1) is 0 Å². The average molecular weight is 251 g/mol. The third kappa shape index (κ3) is 4.77. The molecule has 0 heterocycles. The van der Waals surface area contributed by atoms with E-state index in [9.17, 15) is 5.11 Å². The zero-order valence-electron chi connectivity index (χ0n) is 11.5. The molecule has 18 heavy (non-hydrogen) atoms.